The molecule has 5 nitrogen and oxygen atoms in total. The van der Waals surface area contributed by atoms with Crippen LogP contribution in [-0.2, 0) is 5.75 Å². The molecule has 0 saturated heterocycles. The van der Waals surface area contributed by atoms with Crippen LogP contribution < -0.4 is 11.3 Å². The van der Waals surface area contributed by atoms with Crippen molar-refractivity contribution >= 4 is 17.6 Å². The number of thioether (sulfide) groups is 1. The van der Waals surface area contributed by atoms with E-state index in [9.17, 15) is 9.18 Å². The highest BCUT2D eigenvalue weighted by Crippen LogP contribution is 2.19. The topological polar surface area (TPSA) is 95.6 Å². The molecule has 0 spiro atoms. The highest BCUT2D eigenvalue weighted by atomic mass is 32.2. The fourth-order valence-corrected chi connectivity index (χ4v) is 2.24. The second-order valence-electron chi connectivity index (χ2n) is 3.79. The lowest BCUT2D eigenvalue weighted by Crippen LogP contribution is -2.11. The van der Waals surface area contributed by atoms with Gasteiger partial charge in [0, 0.05) is 23.6 Å². The lowest BCUT2D eigenvalue weighted by molar-refractivity contribution is 0.626. The van der Waals surface area contributed by atoms with E-state index in [4.69, 9.17) is 11.1 Å². The van der Waals surface area contributed by atoms with Crippen LogP contribution in [0.4, 0.5) is 4.39 Å². The summed E-state index contributed by atoms with van der Waals surface area (Å²) in [6.07, 6.45) is 1.41. The van der Waals surface area contributed by atoms with E-state index >= 15 is 0 Å². The van der Waals surface area contributed by atoms with Crippen LogP contribution in [0.15, 0.2) is 40.4 Å². The lowest BCUT2D eigenvalue weighted by atomic mass is 10.1. The summed E-state index contributed by atoms with van der Waals surface area (Å²) in [4.78, 5) is 17.6. The largest absolute Gasteiger partial charge is 0.384 e. The SMILES string of the molecule is N=C(N)c1cc(F)cc(CSc2nccc(=O)[nH]2)c1. The average molecular weight is 278 g/mol. The summed E-state index contributed by atoms with van der Waals surface area (Å²) < 4.78 is 13.3. The van der Waals surface area contributed by atoms with E-state index in [1.807, 2.05) is 0 Å². The Labute approximate surface area is 112 Å². The molecule has 1 aromatic heterocycles. The summed E-state index contributed by atoms with van der Waals surface area (Å²) in [6, 6.07) is 5.53. The van der Waals surface area contributed by atoms with Gasteiger partial charge in [-0.3, -0.25) is 10.2 Å². The molecule has 1 heterocycles. The Kier molecular flexibility index (Phi) is 3.96. The predicted molar refractivity (Wildman–Crippen MR) is 71.8 cm³/mol. The predicted octanol–water partition coefficient (Wildman–Crippen LogP) is 1.49. The van der Waals surface area contributed by atoms with E-state index in [0.29, 0.717) is 22.0 Å². The molecule has 0 amide bonds. The average Bonchev–Trinajstić information content (AvgIpc) is 2.36. The molecule has 0 saturated carbocycles. The quantitative estimate of drug-likeness (QED) is 0.342. The first-order valence-electron chi connectivity index (χ1n) is 5.36. The first kappa shape index (κ1) is 13.3. The van der Waals surface area contributed by atoms with Gasteiger partial charge in [0.2, 0.25) is 0 Å². The Bertz CT molecular complexity index is 671. The molecule has 0 bridgehead atoms. The van der Waals surface area contributed by atoms with Gasteiger partial charge in [-0.05, 0) is 23.8 Å². The van der Waals surface area contributed by atoms with E-state index < -0.39 is 5.82 Å². The number of hydrogen-bond donors (Lipinski definition) is 3. The fourth-order valence-electron chi connectivity index (χ4n) is 1.47. The van der Waals surface area contributed by atoms with Crippen molar-refractivity contribution in [2.45, 2.75) is 10.9 Å². The number of amidine groups is 1. The van der Waals surface area contributed by atoms with Crippen LogP contribution in [0.25, 0.3) is 0 Å². The van der Waals surface area contributed by atoms with Gasteiger partial charge in [0.05, 0.1) is 0 Å². The number of aromatic amines is 1. The molecule has 0 atom stereocenters. The van der Waals surface area contributed by atoms with Crippen molar-refractivity contribution in [1.29, 1.82) is 5.41 Å². The number of nitrogen functional groups attached to an aromatic ring is 1. The van der Waals surface area contributed by atoms with Gasteiger partial charge >= 0.3 is 0 Å². The van der Waals surface area contributed by atoms with Crippen molar-refractivity contribution in [2.75, 3.05) is 0 Å². The minimum Gasteiger partial charge on any atom is -0.384 e. The third-order valence-electron chi connectivity index (χ3n) is 2.29. The third-order valence-corrected chi connectivity index (χ3v) is 3.25. The van der Waals surface area contributed by atoms with Crippen LogP contribution >= 0.6 is 11.8 Å². The van der Waals surface area contributed by atoms with Crippen LogP contribution in [0.2, 0.25) is 0 Å². The molecule has 0 aliphatic carbocycles. The number of rotatable bonds is 4. The van der Waals surface area contributed by atoms with Crippen LogP contribution in [-0.4, -0.2) is 15.8 Å². The van der Waals surface area contributed by atoms with Crippen molar-refractivity contribution in [3.63, 3.8) is 0 Å². The van der Waals surface area contributed by atoms with Gasteiger partial charge in [0.1, 0.15) is 11.7 Å². The molecule has 0 aliphatic rings. The summed E-state index contributed by atoms with van der Waals surface area (Å²) in [5, 5.41) is 7.76. The lowest BCUT2D eigenvalue weighted by Gasteiger charge is -2.04. The van der Waals surface area contributed by atoms with E-state index in [1.54, 1.807) is 6.07 Å². The molecular weight excluding hydrogens is 267 g/mol. The number of benzene rings is 1. The molecule has 19 heavy (non-hydrogen) atoms. The zero-order chi connectivity index (χ0) is 13.8. The van der Waals surface area contributed by atoms with Gasteiger partial charge in [-0.2, -0.15) is 0 Å². The third kappa shape index (κ3) is 3.65. The number of aromatic nitrogens is 2. The Morgan fingerprint density at radius 1 is 1.47 bits per heavy atom. The highest BCUT2D eigenvalue weighted by Gasteiger charge is 2.05. The molecular formula is C12H11FN4OS. The van der Waals surface area contributed by atoms with Gasteiger partial charge in [-0.1, -0.05) is 11.8 Å². The van der Waals surface area contributed by atoms with Crippen molar-refractivity contribution < 1.29 is 4.39 Å². The summed E-state index contributed by atoms with van der Waals surface area (Å²) in [5.41, 5.74) is 6.10. The number of hydrogen-bond acceptors (Lipinski definition) is 4. The standard InChI is InChI=1S/C12H11FN4OS/c13-9-4-7(3-8(5-9)11(14)15)6-19-12-16-2-1-10(18)17-12/h1-5H,6H2,(H3,14,15)(H,16,17,18). The van der Waals surface area contributed by atoms with E-state index in [1.165, 1.54) is 36.2 Å². The second kappa shape index (κ2) is 5.66. The summed E-state index contributed by atoms with van der Waals surface area (Å²) in [5.74, 6) is -0.208. The monoisotopic (exact) mass is 278 g/mol. The van der Waals surface area contributed by atoms with E-state index in [2.05, 4.69) is 9.97 Å². The highest BCUT2D eigenvalue weighted by molar-refractivity contribution is 7.98. The first-order valence-corrected chi connectivity index (χ1v) is 6.35. The first-order chi connectivity index (χ1) is 9.04. The van der Waals surface area contributed by atoms with Gasteiger partial charge in [0.15, 0.2) is 5.16 Å². The van der Waals surface area contributed by atoms with Crippen molar-refractivity contribution in [2.24, 2.45) is 5.73 Å². The molecule has 0 fully saturated rings. The van der Waals surface area contributed by atoms with Gasteiger partial charge in [-0.15, -0.1) is 0 Å². The van der Waals surface area contributed by atoms with Gasteiger partial charge in [-0.25, -0.2) is 9.37 Å². The van der Waals surface area contributed by atoms with Crippen molar-refractivity contribution in [3.8, 4) is 0 Å². The maximum atomic E-state index is 13.3. The van der Waals surface area contributed by atoms with Gasteiger partial charge < -0.3 is 10.7 Å². The number of nitrogens with zero attached hydrogens (tertiary/aromatic N) is 1. The smallest absolute Gasteiger partial charge is 0.251 e. The summed E-state index contributed by atoms with van der Waals surface area (Å²) >= 11 is 1.27. The summed E-state index contributed by atoms with van der Waals surface area (Å²) in [7, 11) is 0. The van der Waals surface area contributed by atoms with Crippen LogP contribution in [0, 0.1) is 11.2 Å². The Balaban J connectivity index is 2.15. The second-order valence-corrected chi connectivity index (χ2v) is 4.75. The summed E-state index contributed by atoms with van der Waals surface area (Å²) in [6.45, 7) is 0. The van der Waals surface area contributed by atoms with Crippen LogP contribution in [0.1, 0.15) is 11.1 Å². The van der Waals surface area contributed by atoms with Crippen LogP contribution in [0.5, 0.6) is 0 Å². The zero-order valence-electron chi connectivity index (χ0n) is 9.81. The Morgan fingerprint density at radius 3 is 2.95 bits per heavy atom. The minimum absolute atomic E-state index is 0.183. The van der Waals surface area contributed by atoms with E-state index in [0.717, 1.165) is 0 Å². The van der Waals surface area contributed by atoms with E-state index in [-0.39, 0.29) is 11.4 Å². The molecule has 2 rings (SSSR count). The molecule has 7 heteroatoms. The fraction of sp³-hybridized carbons (Fsp3) is 0.0833. The molecule has 2 aromatic rings. The Hall–Kier alpha value is -2.15. The van der Waals surface area contributed by atoms with Gasteiger partial charge in [0.25, 0.3) is 5.56 Å². The minimum atomic E-state index is -0.446. The molecule has 0 unspecified atom stereocenters. The molecule has 1 aromatic carbocycles. The maximum Gasteiger partial charge on any atom is 0.251 e. The number of H-pyrrole nitrogens is 1. The number of nitrogens with one attached hydrogen (secondary N) is 2. The molecule has 0 radical (unpaired) electrons. The normalized spacial score (nSPS) is 10.4. The number of nitrogens with two attached hydrogens (primary N) is 1. The van der Waals surface area contributed by atoms with Crippen LogP contribution in [0.3, 0.4) is 0 Å². The Morgan fingerprint density at radius 2 is 2.26 bits per heavy atom. The number of halogens is 1. The zero-order valence-corrected chi connectivity index (χ0v) is 10.6. The van der Waals surface area contributed by atoms with Crippen molar-refractivity contribution in [1.82, 2.24) is 9.97 Å². The molecule has 4 N–H and O–H groups in total. The maximum absolute atomic E-state index is 13.3. The molecule has 0 aliphatic heterocycles. The van der Waals surface area contributed by atoms with Crippen molar-refractivity contribution in [3.05, 3.63) is 57.8 Å². The molecule has 98 valence electrons.